The summed E-state index contributed by atoms with van der Waals surface area (Å²) in [6.45, 7) is 9.49. The molecule has 7 aromatic rings. The molecule has 2 aliphatic rings. The van der Waals surface area contributed by atoms with E-state index in [0.29, 0.717) is 0 Å². The highest BCUT2D eigenvalue weighted by molar-refractivity contribution is 5.90. The second-order valence-corrected chi connectivity index (χ2v) is 14.4. The molecule has 0 saturated heterocycles. The first kappa shape index (κ1) is 28.7. The Hall–Kier alpha value is -5.53. The summed E-state index contributed by atoms with van der Waals surface area (Å²) in [5.41, 5.74) is 20.4. The lowest BCUT2D eigenvalue weighted by atomic mass is 9.79. The van der Waals surface area contributed by atoms with E-state index in [0.717, 1.165) is 5.69 Å². The third-order valence-corrected chi connectivity index (χ3v) is 11.0. The highest BCUT2D eigenvalue weighted by Crippen LogP contribution is 2.53. The lowest BCUT2D eigenvalue weighted by Gasteiger charge is -2.24. The second kappa shape index (κ2) is 10.5. The van der Waals surface area contributed by atoms with Gasteiger partial charge in [-0.05, 0) is 114 Å². The largest absolute Gasteiger partial charge is 0.256 e. The van der Waals surface area contributed by atoms with E-state index in [9.17, 15) is 0 Å². The fraction of sp³-hybridized carbons (Fsp3) is 0.128. The zero-order valence-electron chi connectivity index (χ0n) is 27.9. The fourth-order valence-electron chi connectivity index (χ4n) is 8.30. The number of rotatable bonds is 4. The van der Waals surface area contributed by atoms with E-state index in [1.807, 2.05) is 12.3 Å². The van der Waals surface area contributed by atoms with Gasteiger partial charge in [0.1, 0.15) is 0 Å². The molecule has 230 valence electrons. The number of nitrogens with zero attached hydrogens (tertiary/aromatic N) is 1. The van der Waals surface area contributed by atoms with Gasteiger partial charge in [-0.15, -0.1) is 0 Å². The highest BCUT2D eigenvalue weighted by atomic mass is 14.7. The lowest BCUT2D eigenvalue weighted by Crippen LogP contribution is -2.15. The summed E-state index contributed by atoms with van der Waals surface area (Å²) < 4.78 is 0. The molecule has 1 nitrogen and oxygen atoms in total. The molecule has 0 spiro atoms. The van der Waals surface area contributed by atoms with Crippen molar-refractivity contribution in [1.82, 2.24) is 4.98 Å². The molecule has 0 atom stereocenters. The third-order valence-electron chi connectivity index (χ3n) is 11.0. The predicted octanol–water partition coefficient (Wildman–Crippen LogP) is 12.4. The average Bonchev–Trinajstić information content (AvgIpc) is 3.50. The summed E-state index contributed by atoms with van der Waals surface area (Å²) in [7, 11) is 0. The van der Waals surface area contributed by atoms with Crippen LogP contribution in [0.1, 0.15) is 49.9 Å². The van der Waals surface area contributed by atoms with Gasteiger partial charge in [0, 0.05) is 22.6 Å². The minimum Gasteiger partial charge on any atom is -0.256 e. The van der Waals surface area contributed by atoms with Crippen molar-refractivity contribution in [3.05, 3.63) is 174 Å². The Kier molecular flexibility index (Phi) is 6.27. The molecule has 0 bridgehead atoms. The van der Waals surface area contributed by atoms with Gasteiger partial charge in [0.15, 0.2) is 0 Å². The first-order valence-corrected chi connectivity index (χ1v) is 17.0. The molecule has 1 aromatic heterocycles. The Morgan fingerprint density at radius 3 is 1.27 bits per heavy atom. The number of pyridine rings is 1. The monoisotopic (exact) mass is 615 g/mol. The van der Waals surface area contributed by atoms with Crippen LogP contribution in [0.4, 0.5) is 0 Å². The van der Waals surface area contributed by atoms with Gasteiger partial charge in [0.25, 0.3) is 0 Å². The molecular formula is C47H37N. The molecule has 1 heteroatoms. The SMILES string of the molecule is CC1(C)c2cc(-c3ccc4c(c3)C(C)(C)c3cc(-c5ccccc5-c5ccccc5)ccc3-4)ccc2-c2ccc(-c3ccccn3)cc21. The van der Waals surface area contributed by atoms with Gasteiger partial charge >= 0.3 is 0 Å². The maximum absolute atomic E-state index is 4.62. The molecule has 0 radical (unpaired) electrons. The first-order valence-electron chi connectivity index (χ1n) is 17.0. The summed E-state index contributed by atoms with van der Waals surface area (Å²) >= 11 is 0. The number of benzene rings is 6. The van der Waals surface area contributed by atoms with E-state index in [4.69, 9.17) is 0 Å². The molecule has 0 amide bonds. The van der Waals surface area contributed by atoms with Gasteiger partial charge in [-0.2, -0.15) is 0 Å². The maximum atomic E-state index is 4.62. The normalized spacial score (nSPS) is 14.6. The number of hydrogen-bond donors (Lipinski definition) is 0. The number of aromatic nitrogens is 1. The molecule has 2 aliphatic carbocycles. The van der Waals surface area contributed by atoms with E-state index >= 15 is 0 Å². The fourth-order valence-corrected chi connectivity index (χ4v) is 8.30. The van der Waals surface area contributed by atoms with E-state index in [1.54, 1.807) is 0 Å². The molecule has 9 rings (SSSR count). The van der Waals surface area contributed by atoms with Crippen molar-refractivity contribution >= 4 is 0 Å². The average molecular weight is 616 g/mol. The number of fused-ring (bicyclic) bond motifs is 6. The van der Waals surface area contributed by atoms with Gasteiger partial charge in [0.2, 0.25) is 0 Å². The van der Waals surface area contributed by atoms with Crippen molar-refractivity contribution in [2.75, 3.05) is 0 Å². The van der Waals surface area contributed by atoms with E-state index in [-0.39, 0.29) is 10.8 Å². The van der Waals surface area contributed by atoms with Crippen molar-refractivity contribution in [2.45, 2.75) is 38.5 Å². The molecule has 0 aliphatic heterocycles. The van der Waals surface area contributed by atoms with Crippen LogP contribution in [0, 0.1) is 0 Å². The van der Waals surface area contributed by atoms with Gasteiger partial charge < -0.3 is 0 Å². The molecular weight excluding hydrogens is 579 g/mol. The van der Waals surface area contributed by atoms with Crippen molar-refractivity contribution in [3.8, 4) is 66.9 Å². The predicted molar refractivity (Wildman–Crippen MR) is 201 cm³/mol. The van der Waals surface area contributed by atoms with Crippen LogP contribution in [-0.2, 0) is 10.8 Å². The van der Waals surface area contributed by atoms with Crippen LogP contribution in [0.15, 0.2) is 152 Å². The zero-order chi connectivity index (χ0) is 32.6. The standard InChI is InChI=1S/C47H37N/c1-46(2)41-26-31(32-18-22-38-40-24-20-34(45-16-10-11-25-48-45)29-44(40)47(3,4)42(38)27-32)17-21-37(41)39-23-19-33(28-43(39)46)36-15-9-8-14-35(36)30-12-6-5-7-13-30/h5-29H,1-4H3. The molecule has 48 heavy (non-hydrogen) atoms. The summed E-state index contributed by atoms with van der Waals surface area (Å²) in [4.78, 5) is 4.62. The van der Waals surface area contributed by atoms with E-state index in [2.05, 4.69) is 172 Å². The molecule has 0 fully saturated rings. The summed E-state index contributed by atoms with van der Waals surface area (Å²) in [5, 5.41) is 0. The minimum absolute atomic E-state index is 0.107. The molecule has 0 saturated carbocycles. The third kappa shape index (κ3) is 4.27. The summed E-state index contributed by atoms with van der Waals surface area (Å²) in [6.07, 6.45) is 1.87. The second-order valence-electron chi connectivity index (χ2n) is 14.4. The Morgan fingerprint density at radius 2 is 0.750 bits per heavy atom. The van der Waals surface area contributed by atoms with Crippen LogP contribution < -0.4 is 0 Å². The minimum atomic E-state index is -0.119. The van der Waals surface area contributed by atoms with Crippen molar-refractivity contribution in [2.24, 2.45) is 0 Å². The van der Waals surface area contributed by atoms with Crippen LogP contribution in [0.3, 0.4) is 0 Å². The number of hydrogen-bond acceptors (Lipinski definition) is 1. The van der Waals surface area contributed by atoms with Crippen LogP contribution >= 0.6 is 0 Å². The molecule has 0 N–H and O–H groups in total. The summed E-state index contributed by atoms with van der Waals surface area (Å²) in [6, 6.07) is 53.7. The topological polar surface area (TPSA) is 12.9 Å². The van der Waals surface area contributed by atoms with Crippen molar-refractivity contribution in [3.63, 3.8) is 0 Å². The smallest absolute Gasteiger partial charge is 0.0702 e. The van der Waals surface area contributed by atoms with Crippen LogP contribution in [0.25, 0.3) is 66.9 Å². The summed E-state index contributed by atoms with van der Waals surface area (Å²) in [5.74, 6) is 0. The Bertz CT molecular complexity index is 2380. The molecule has 0 unspecified atom stereocenters. The molecule has 1 heterocycles. The zero-order valence-corrected chi connectivity index (χ0v) is 27.9. The van der Waals surface area contributed by atoms with E-state index < -0.39 is 0 Å². The Labute approximate surface area is 283 Å². The first-order chi connectivity index (χ1) is 23.3. The Morgan fingerprint density at radius 1 is 0.333 bits per heavy atom. The van der Waals surface area contributed by atoms with Crippen molar-refractivity contribution < 1.29 is 0 Å². The maximum Gasteiger partial charge on any atom is 0.0702 e. The van der Waals surface area contributed by atoms with Crippen LogP contribution in [0.5, 0.6) is 0 Å². The Balaban J connectivity index is 1.08. The van der Waals surface area contributed by atoms with Crippen LogP contribution in [-0.4, -0.2) is 4.98 Å². The van der Waals surface area contributed by atoms with Gasteiger partial charge in [-0.3, -0.25) is 4.98 Å². The van der Waals surface area contributed by atoms with Gasteiger partial charge in [-0.1, -0.05) is 137 Å². The van der Waals surface area contributed by atoms with Gasteiger partial charge in [-0.25, -0.2) is 0 Å². The quantitative estimate of drug-likeness (QED) is 0.192. The van der Waals surface area contributed by atoms with Crippen molar-refractivity contribution in [1.29, 1.82) is 0 Å². The van der Waals surface area contributed by atoms with Crippen LogP contribution in [0.2, 0.25) is 0 Å². The highest BCUT2D eigenvalue weighted by Gasteiger charge is 2.38. The van der Waals surface area contributed by atoms with E-state index in [1.165, 1.54) is 83.5 Å². The molecule has 6 aromatic carbocycles. The van der Waals surface area contributed by atoms with Gasteiger partial charge in [0.05, 0.1) is 5.69 Å². The lowest BCUT2D eigenvalue weighted by molar-refractivity contribution is 0.659.